The van der Waals surface area contributed by atoms with Crippen LogP contribution >= 0.6 is 12.3 Å². The topological polar surface area (TPSA) is 46.5 Å². The largest absolute Gasteiger partial charge is 0.364 e. The standard InChI is InChI=1S/C13H26O3S/c1-2-3-4-5-6-7-8-9-10-11-12-13(14)16-17-15/h15H,2-12H2,1H3. The normalized spacial score (nSPS) is 10.5. The average molecular weight is 262 g/mol. The third kappa shape index (κ3) is 13.7. The van der Waals surface area contributed by atoms with Crippen molar-refractivity contribution in [3.05, 3.63) is 0 Å². The van der Waals surface area contributed by atoms with Crippen molar-refractivity contribution in [3.8, 4) is 0 Å². The zero-order valence-electron chi connectivity index (χ0n) is 11.0. The first-order valence-corrected chi connectivity index (χ1v) is 7.52. The van der Waals surface area contributed by atoms with Crippen molar-refractivity contribution >= 4 is 18.3 Å². The Kier molecular flexibility index (Phi) is 13.7. The van der Waals surface area contributed by atoms with Gasteiger partial charge in [0.25, 0.3) is 0 Å². The van der Waals surface area contributed by atoms with E-state index in [2.05, 4.69) is 11.1 Å². The lowest BCUT2D eigenvalue weighted by Crippen LogP contribution is -1.97. The second kappa shape index (κ2) is 13.8. The van der Waals surface area contributed by atoms with E-state index in [1.807, 2.05) is 0 Å². The fraction of sp³-hybridized carbons (Fsp3) is 0.923. The molecule has 0 bridgehead atoms. The van der Waals surface area contributed by atoms with E-state index in [0.717, 1.165) is 12.8 Å². The van der Waals surface area contributed by atoms with E-state index in [1.54, 1.807) is 0 Å². The molecule has 0 saturated heterocycles. The Hall–Kier alpha value is -0.220. The zero-order chi connectivity index (χ0) is 12.8. The monoisotopic (exact) mass is 262 g/mol. The van der Waals surface area contributed by atoms with Gasteiger partial charge in [0.15, 0.2) is 0 Å². The lowest BCUT2D eigenvalue weighted by molar-refractivity contribution is -0.133. The number of carbonyl (C=O) groups is 1. The molecular weight excluding hydrogens is 236 g/mol. The highest BCUT2D eigenvalue weighted by Gasteiger charge is 2.02. The molecule has 1 N–H and O–H groups in total. The van der Waals surface area contributed by atoms with Crippen LogP contribution in [0, 0.1) is 0 Å². The summed E-state index contributed by atoms with van der Waals surface area (Å²) in [7, 11) is 0. The zero-order valence-corrected chi connectivity index (χ0v) is 11.8. The van der Waals surface area contributed by atoms with Crippen molar-refractivity contribution in [2.45, 2.75) is 77.6 Å². The fourth-order valence-electron chi connectivity index (χ4n) is 1.84. The van der Waals surface area contributed by atoms with Crippen LogP contribution in [0.4, 0.5) is 0 Å². The van der Waals surface area contributed by atoms with Gasteiger partial charge in [-0.2, -0.15) is 0 Å². The highest BCUT2D eigenvalue weighted by molar-refractivity contribution is 7.89. The van der Waals surface area contributed by atoms with Crippen LogP contribution in [0.5, 0.6) is 0 Å². The second-order valence-corrected chi connectivity index (χ2v) is 4.78. The van der Waals surface area contributed by atoms with Crippen LogP contribution in [0.25, 0.3) is 0 Å². The highest BCUT2D eigenvalue weighted by atomic mass is 32.2. The van der Waals surface area contributed by atoms with Crippen LogP contribution in [0.15, 0.2) is 0 Å². The minimum atomic E-state index is -0.322. The molecule has 0 aromatic heterocycles. The molecule has 0 aliphatic carbocycles. The van der Waals surface area contributed by atoms with Gasteiger partial charge in [-0.15, -0.1) is 0 Å². The first-order chi connectivity index (χ1) is 8.31. The summed E-state index contributed by atoms with van der Waals surface area (Å²) >= 11 is 0.141. The Labute approximate surface area is 110 Å². The average Bonchev–Trinajstić information content (AvgIpc) is 2.32. The van der Waals surface area contributed by atoms with Gasteiger partial charge >= 0.3 is 5.97 Å². The minimum absolute atomic E-state index is 0.141. The summed E-state index contributed by atoms with van der Waals surface area (Å²) in [6.45, 7) is 2.24. The van der Waals surface area contributed by atoms with Crippen molar-refractivity contribution in [1.29, 1.82) is 0 Å². The van der Waals surface area contributed by atoms with Crippen LogP contribution in [-0.2, 0) is 8.98 Å². The molecule has 0 atom stereocenters. The van der Waals surface area contributed by atoms with Gasteiger partial charge < -0.3 is 4.18 Å². The lowest BCUT2D eigenvalue weighted by atomic mass is 10.1. The van der Waals surface area contributed by atoms with Gasteiger partial charge in [-0.25, -0.2) is 0 Å². The van der Waals surface area contributed by atoms with Gasteiger partial charge in [-0.3, -0.25) is 9.35 Å². The molecule has 0 saturated carbocycles. The summed E-state index contributed by atoms with van der Waals surface area (Å²) in [5.41, 5.74) is 0. The van der Waals surface area contributed by atoms with Crippen LogP contribution in [-0.4, -0.2) is 10.5 Å². The van der Waals surface area contributed by atoms with E-state index in [-0.39, 0.29) is 18.3 Å². The molecular formula is C13H26O3S. The predicted octanol–water partition coefficient (Wildman–Crippen LogP) is 4.96. The molecule has 0 aliphatic heterocycles. The van der Waals surface area contributed by atoms with E-state index in [4.69, 9.17) is 4.55 Å². The van der Waals surface area contributed by atoms with E-state index >= 15 is 0 Å². The molecule has 0 rings (SSSR count). The first kappa shape index (κ1) is 16.8. The van der Waals surface area contributed by atoms with Gasteiger partial charge in [0.2, 0.25) is 12.3 Å². The SMILES string of the molecule is CCCCCCCCCCCCC(=O)OSO. The van der Waals surface area contributed by atoms with Crippen molar-refractivity contribution in [1.82, 2.24) is 0 Å². The van der Waals surface area contributed by atoms with E-state index in [0.29, 0.717) is 6.42 Å². The summed E-state index contributed by atoms with van der Waals surface area (Å²) in [6, 6.07) is 0. The minimum Gasteiger partial charge on any atom is -0.364 e. The van der Waals surface area contributed by atoms with Gasteiger partial charge in [-0.05, 0) is 6.42 Å². The quantitative estimate of drug-likeness (QED) is 0.399. The molecule has 0 unspecified atom stereocenters. The molecule has 4 heteroatoms. The second-order valence-electron chi connectivity index (χ2n) is 4.46. The van der Waals surface area contributed by atoms with Crippen molar-refractivity contribution < 1.29 is 13.5 Å². The lowest BCUT2D eigenvalue weighted by Gasteiger charge is -2.01. The molecule has 0 aliphatic rings. The summed E-state index contributed by atoms with van der Waals surface area (Å²) in [5, 5.41) is 0. The molecule has 0 aromatic carbocycles. The number of rotatable bonds is 12. The molecule has 0 spiro atoms. The third-order valence-corrected chi connectivity index (χ3v) is 3.13. The fourth-order valence-corrected chi connectivity index (χ4v) is 2.01. The Balaban J connectivity index is 3.01. The molecule has 0 aromatic rings. The summed E-state index contributed by atoms with van der Waals surface area (Å²) < 4.78 is 12.6. The molecule has 102 valence electrons. The number of hydrogen-bond acceptors (Lipinski definition) is 4. The van der Waals surface area contributed by atoms with Crippen LogP contribution in [0.2, 0.25) is 0 Å². The van der Waals surface area contributed by atoms with Crippen molar-refractivity contribution in [2.24, 2.45) is 0 Å². The van der Waals surface area contributed by atoms with Crippen molar-refractivity contribution in [3.63, 3.8) is 0 Å². The van der Waals surface area contributed by atoms with E-state index < -0.39 is 0 Å². The highest BCUT2D eigenvalue weighted by Crippen LogP contribution is 2.11. The maximum atomic E-state index is 10.9. The van der Waals surface area contributed by atoms with Gasteiger partial charge in [0.1, 0.15) is 0 Å². The maximum absolute atomic E-state index is 10.9. The van der Waals surface area contributed by atoms with Gasteiger partial charge in [-0.1, -0.05) is 64.7 Å². The Morgan fingerprint density at radius 3 is 1.88 bits per heavy atom. The molecule has 0 amide bonds. The van der Waals surface area contributed by atoms with Crippen LogP contribution in [0.3, 0.4) is 0 Å². The third-order valence-electron chi connectivity index (χ3n) is 2.86. The number of carbonyl (C=O) groups excluding carboxylic acids is 1. The number of unbranched alkanes of at least 4 members (excludes halogenated alkanes) is 9. The molecule has 0 fully saturated rings. The Bertz CT molecular complexity index is 174. The Morgan fingerprint density at radius 2 is 1.41 bits per heavy atom. The van der Waals surface area contributed by atoms with Crippen LogP contribution in [0.1, 0.15) is 77.6 Å². The molecule has 0 heterocycles. The van der Waals surface area contributed by atoms with E-state index in [1.165, 1.54) is 51.4 Å². The summed E-state index contributed by atoms with van der Waals surface area (Å²) in [6.07, 6.45) is 12.9. The maximum Gasteiger partial charge on any atom is 0.319 e. The van der Waals surface area contributed by atoms with Gasteiger partial charge in [0, 0.05) is 6.42 Å². The molecule has 3 nitrogen and oxygen atoms in total. The van der Waals surface area contributed by atoms with Crippen molar-refractivity contribution in [2.75, 3.05) is 0 Å². The summed E-state index contributed by atoms with van der Waals surface area (Å²) in [5.74, 6) is -0.322. The number of hydrogen-bond donors (Lipinski definition) is 1. The molecule has 17 heavy (non-hydrogen) atoms. The van der Waals surface area contributed by atoms with Crippen LogP contribution < -0.4 is 0 Å². The Morgan fingerprint density at radius 1 is 0.941 bits per heavy atom. The van der Waals surface area contributed by atoms with E-state index in [9.17, 15) is 4.79 Å². The first-order valence-electron chi connectivity index (χ1n) is 6.82. The summed E-state index contributed by atoms with van der Waals surface area (Å²) in [4.78, 5) is 10.9. The smallest absolute Gasteiger partial charge is 0.319 e. The molecule has 0 radical (unpaired) electrons. The van der Waals surface area contributed by atoms with Gasteiger partial charge in [0.05, 0.1) is 0 Å². The predicted molar refractivity (Wildman–Crippen MR) is 72.8 cm³/mol.